The van der Waals surface area contributed by atoms with E-state index in [2.05, 4.69) is 49.5 Å². The van der Waals surface area contributed by atoms with Crippen molar-refractivity contribution in [1.82, 2.24) is 20.4 Å². The van der Waals surface area contributed by atoms with E-state index in [0.29, 0.717) is 42.8 Å². The molecule has 3 aromatic rings. The molecular weight excluding hydrogens is 470 g/mol. The molecule has 1 aromatic heterocycles. The summed E-state index contributed by atoms with van der Waals surface area (Å²) in [5.41, 5.74) is 3.55. The Morgan fingerprint density at radius 1 is 1.14 bits per heavy atom. The normalized spacial score (nSPS) is 17.5. The third-order valence-corrected chi connectivity index (χ3v) is 7.23. The van der Waals surface area contributed by atoms with Crippen molar-refractivity contribution >= 4 is 11.6 Å². The minimum Gasteiger partial charge on any atom is -0.493 e. The van der Waals surface area contributed by atoms with E-state index in [-0.39, 0.29) is 11.8 Å². The summed E-state index contributed by atoms with van der Waals surface area (Å²) in [4.78, 5) is 22.1. The number of likely N-dealkylation sites (tertiary alicyclic amines) is 1. The number of fused-ring (bicyclic) bond motifs is 1. The average Bonchev–Trinajstić information content (AvgIpc) is 3.58. The molecule has 1 atom stereocenters. The highest BCUT2D eigenvalue weighted by atomic mass is 16.5. The first kappa shape index (κ1) is 25.1. The summed E-state index contributed by atoms with van der Waals surface area (Å²) in [7, 11) is 3.20. The molecule has 2 aliphatic heterocycles. The molecule has 9 heteroatoms. The monoisotopic (exact) mass is 505 g/mol. The van der Waals surface area contributed by atoms with Crippen LogP contribution in [0.4, 0.5) is 5.69 Å². The molecule has 0 aliphatic carbocycles. The maximum absolute atomic E-state index is 12.9. The molecule has 1 saturated heterocycles. The molecule has 0 radical (unpaired) electrons. The Morgan fingerprint density at radius 3 is 2.86 bits per heavy atom. The lowest BCUT2D eigenvalue weighted by Crippen LogP contribution is -2.43. The zero-order valence-corrected chi connectivity index (χ0v) is 21.6. The van der Waals surface area contributed by atoms with Crippen molar-refractivity contribution < 1.29 is 18.8 Å². The average molecular weight is 506 g/mol. The van der Waals surface area contributed by atoms with Crippen molar-refractivity contribution in [2.75, 3.05) is 51.8 Å². The maximum atomic E-state index is 12.9. The summed E-state index contributed by atoms with van der Waals surface area (Å²) in [6.07, 6.45) is 3.93. The lowest BCUT2D eigenvalue weighted by atomic mass is 9.97. The summed E-state index contributed by atoms with van der Waals surface area (Å²) in [5.74, 6) is 2.42. The first-order chi connectivity index (χ1) is 18.1. The second-order valence-electron chi connectivity index (χ2n) is 9.67. The summed E-state index contributed by atoms with van der Waals surface area (Å²) in [6, 6.07) is 14.1. The Kier molecular flexibility index (Phi) is 7.89. The first-order valence-electron chi connectivity index (χ1n) is 13.0. The van der Waals surface area contributed by atoms with Crippen LogP contribution in [-0.4, -0.2) is 67.9 Å². The van der Waals surface area contributed by atoms with Gasteiger partial charge < -0.3 is 24.2 Å². The molecule has 2 aliphatic rings. The summed E-state index contributed by atoms with van der Waals surface area (Å²) in [6.45, 7) is 4.86. The number of carbonyl (C=O) groups excluding carboxylic acids is 1. The quantitative estimate of drug-likeness (QED) is 0.419. The third kappa shape index (κ3) is 5.88. The number of para-hydroxylation sites is 1. The predicted octanol–water partition coefficient (Wildman–Crippen LogP) is 3.53. The number of aromatic nitrogens is 2. The van der Waals surface area contributed by atoms with E-state index in [1.165, 1.54) is 11.3 Å². The highest BCUT2D eigenvalue weighted by molar-refractivity contribution is 5.79. The van der Waals surface area contributed by atoms with Gasteiger partial charge in [-0.15, -0.1) is 0 Å². The number of benzene rings is 2. The number of rotatable bonds is 10. The largest absolute Gasteiger partial charge is 0.493 e. The molecule has 2 aromatic carbocycles. The molecule has 5 rings (SSSR count). The van der Waals surface area contributed by atoms with Gasteiger partial charge in [0.15, 0.2) is 11.5 Å². The van der Waals surface area contributed by atoms with Crippen LogP contribution in [0.25, 0.3) is 11.4 Å². The van der Waals surface area contributed by atoms with Crippen LogP contribution < -0.4 is 19.7 Å². The van der Waals surface area contributed by atoms with Gasteiger partial charge in [0.05, 0.1) is 26.7 Å². The Labute approximate surface area is 217 Å². The van der Waals surface area contributed by atoms with E-state index >= 15 is 0 Å². The molecule has 37 heavy (non-hydrogen) atoms. The fraction of sp³-hybridized carbons (Fsp3) is 0.464. The topological polar surface area (TPSA) is 93.0 Å². The van der Waals surface area contributed by atoms with Crippen LogP contribution in [0.2, 0.25) is 0 Å². The van der Waals surface area contributed by atoms with E-state index in [1.54, 1.807) is 14.2 Å². The van der Waals surface area contributed by atoms with Crippen LogP contribution >= 0.6 is 0 Å². The lowest BCUT2D eigenvalue weighted by Gasteiger charge is -2.31. The van der Waals surface area contributed by atoms with Crippen molar-refractivity contribution in [3.8, 4) is 22.9 Å². The zero-order valence-electron chi connectivity index (χ0n) is 21.6. The van der Waals surface area contributed by atoms with Crippen LogP contribution in [-0.2, 0) is 17.8 Å². The van der Waals surface area contributed by atoms with Crippen molar-refractivity contribution in [2.45, 2.75) is 32.2 Å². The van der Waals surface area contributed by atoms with Crippen molar-refractivity contribution in [2.24, 2.45) is 5.92 Å². The minimum absolute atomic E-state index is 0.0190. The van der Waals surface area contributed by atoms with Gasteiger partial charge in [0.2, 0.25) is 17.6 Å². The van der Waals surface area contributed by atoms with Crippen molar-refractivity contribution in [3.05, 3.63) is 53.9 Å². The number of carbonyl (C=O) groups is 1. The molecule has 0 bridgehead atoms. The molecule has 1 amide bonds. The van der Waals surface area contributed by atoms with Crippen LogP contribution in [0.1, 0.15) is 30.7 Å². The molecule has 3 heterocycles. The lowest BCUT2D eigenvalue weighted by molar-refractivity contribution is -0.126. The minimum atomic E-state index is -0.0190. The predicted molar refractivity (Wildman–Crippen MR) is 141 cm³/mol. The number of hydrogen-bond donors (Lipinski definition) is 1. The molecule has 0 spiro atoms. The zero-order chi connectivity index (χ0) is 25.6. The van der Waals surface area contributed by atoms with Crippen LogP contribution in [0.3, 0.4) is 0 Å². The second kappa shape index (κ2) is 11.6. The first-order valence-corrected chi connectivity index (χ1v) is 13.0. The number of methoxy groups -OCH3 is 2. The van der Waals surface area contributed by atoms with Gasteiger partial charge >= 0.3 is 0 Å². The van der Waals surface area contributed by atoms with E-state index < -0.39 is 0 Å². The number of piperidine rings is 1. The fourth-order valence-electron chi connectivity index (χ4n) is 5.28. The number of nitrogens with one attached hydrogen (secondary N) is 1. The highest BCUT2D eigenvalue weighted by Crippen LogP contribution is 2.31. The molecule has 1 fully saturated rings. The number of hydrogen-bond acceptors (Lipinski definition) is 8. The van der Waals surface area contributed by atoms with Gasteiger partial charge in [-0.2, -0.15) is 4.98 Å². The van der Waals surface area contributed by atoms with Gasteiger partial charge in [-0.25, -0.2) is 0 Å². The number of anilines is 1. The summed E-state index contributed by atoms with van der Waals surface area (Å²) < 4.78 is 16.2. The van der Waals surface area contributed by atoms with Crippen molar-refractivity contribution in [3.63, 3.8) is 0 Å². The number of amides is 1. The van der Waals surface area contributed by atoms with Crippen LogP contribution in [0.5, 0.6) is 11.5 Å². The second-order valence-corrected chi connectivity index (χ2v) is 9.67. The van der Waals surface area contributed by atoms with E-state index in [9.17, 15) is 4.79 Å². The van der Waals surface area contributed by atoms with E-state index in [4.69, 9.17) is 14.0 Å². The molecule has 1 unspecified atom stereocenters. The smallest absolute Gasteiger partial charge is 0.241 e. The van der Waals surface area contributed by atoms with Gasteiger partial charge in [0.1, 0.15) is 0 Å². The molecule has 0 saturated carbocycles. The van der Waals surface area contributed by atoms with Gasteiger partial charge in [-0.3, -0.25) is 9.69 Å². The Bertz CT molecular complexity index is 1210. The maximum Gasteiger partial charge on any atom is 0.241 e. The highest BCUT2D eigenvalue weighted by Gasteiger charge is 2.27. The van der Waals surface area contributed by atoms with E-state index in [1.807, 2.05) is 18.2 Å². The van der Waals surface area contributed by atoms with Crippen molar-refractivity contribution in [1.29, 1.82) is 0 Å². The molecule has 1 N–H and O–H groups in total. The van der Waals surface area contributed by atoms with Crippen LogP contribution in [0, 0.1) is 5.92 Å². The molecule has 196 valence electrons. The fourth-order valence-corrected chi connectivity index (χ4v) is 5.28. The molecular formula is C28H35N5O4. The number of ether oxygens (including phenoxy) is 2. The van der Waals surface area contributed by atoms with E-state index in [0.717, 1.165) is 50.9 Å². The third-order valence-electron chi connectivity index (χ3n) is 7.23. The standard InChI is InChI=1S/C28H35N5O4/c1-35-24-11-10-21(17-25(24)36-2)27-30-26(37-31-27)19-32-14-5-8-22(18-32)28(34)29-13-6-15-33-16-12-20-7-3-4-9-23(20)33/h3-4,7,9-11,17,22H,5-6,8,12-16,18-19H2,1-2H3,(H,29,34). The molecule has 9 nitrogen and oxygen atoms in total. The van der Waals surface area contributed by atoms with Gasteiger partial charge in [0, 0.05) is 37.4 Å². The Balaban J connectivity index is 1.09. The SMILES string of the molecule is COc1ccc(-c2noc(CN3CCCC(C(=O)NCCCN4CCc5ccccc54)C3)n2)cc1OC. The van der Waals surface area contributed by atoms with Gasteiger partial charge in [-0.05, 0) is 62.1 Å². The Morgan fingerprint density at radius 2 is 2.00 bits per heavy atom. The van der Waals surface area contributed by atoms with Gasteiger partial charge in [0.25, 0.3) is 0 Å². The summed E-state index contributed by atoms with van der Waals surface area (Å²) in [5, 5.41) is 7.31. The van der Waals surface area contributed by atoms with Gasteiger partial charge in [-0.1, -0.05) is 23.4 Å². The summed E-state index contributed by atoms with van der Waals surface area (Å²) >= 11 is 0. The van der Waals surface area contributed by atoms with Crippen LogP contribution in [0.15, 0.2) is 47.0 Å². The Hall–Kier alpha value is -3.59. The number of nitrogens with zero attached hydrogens (tertiary/aromatic N) is 4.